The van der Waals surface area contributed by atoms with Gasteiger partial charge in [0, 0.05) is 19.6 Å². The highest BCUT2D eigenvalue weighted by Gasteiger charge is 2.18. The quantitative estimate of drug-likeness (QED) is 0.877. The molecule has 1 fully saturated rings. The second kappa shape index (κ2) is 5.87. The van der Waals surface area contributed by atoms with Crippen molar-refractivity contribution in [2.75, 3.05) is 19.7 Å². The highest BCUT2D eigenvalue weighted by Crippen LogP contribution is 2.19. The molecule has 1 saturated heterocycles. The summed E-state index contributed by atoms with van der Waals surface area (Å²) in [5.74, 6) is 0.829. The lowest BCUT2D eigenvalue weighted by Crippen LogP contribution is -2.32. The average molecular weight is 248 g/mol. The molecule has 0 unspecified atom stereocenters. The van der Waals surface area contributed by atoms with Crippen molar-refractivity contribution >= 4 is 5.91 Å². The lowest BCUT2D eigenvalue weighted by molar-refractivity contribution is -0.132. The van der Waals surface area contributed by atoms with Crippen molar-refractivity contribution < 1.29 is 9.53 Å². The van der Waals surface area contributed by atoms with Crippen LogP contribution in [0, 0.1) is 6.92 Å². The molecule has 0 spiro atoms. The number of likely N-dealkylation sites (tertiary alicyclic amines) is 1. The molecule has 0 aromatic heterocycles. The van der Waals surface area contributed by atoms with E-state index in [9.17, 15) is 4.79 Å². The van der Waals surface area contributed by atoms with Gasteiger partial charge in [-0.15, -0.1) is 0 Å². The molecule has 0 aliphatic carbocycles. The zero-order chi connectivity index (χ0) is 13.0. The Morgan fingerprint density at radius 3 is 2.78 bits per heavy atom. The summed E-state index contributed by atoms with van der Waals surface area (Å²) in [6.45, 7) is 4.30. The second-order valence-corrected chi connectivity index (χ2v) is 4.68. The Morgan fingerprint density at radius 2 is 2.11 bits per heavy atom. The molecular formula is C14H20N2O2. The van der Waals surface area contributed by atoms with Crippen molar-refractivity contribution in [3.05, 3.63) is 29.3 Å². The minimum absolute atomic E-state index is 0.0741. The van der Waals surface area contributed by atoms with Crippen LogP contribution in [0.15, 0.2) is 18.2 Å². The predicted octanol–water partition coefficient (Wildman–Crippen LogP) is 1.45. The fourth-order valence-corrected chi connectivity index (χ4v) is 2.12. The molecule has 4 nitrogen and oxygen atoms in total. The molecule has 2 N–H and O–H groups in total. The van der Waals surface area contributed by atoms with E-state index in [0.717, 1.165) is 42.8 Å². The summed E-state index contributed by atoms with van der Waals surface area (Å²) in [6, 6.07) is 5.86. The summed E-state index contributed by atoms with van der Waals surface area (Å²) >= 11 is 0. The third-order valence-corrected chi connectivity index (χ3v) is 3.30. The molecule has 0 radical (unpaired) electrons. The van der Waals surface area contributed by atoms with Crippen LogP contribution in [-0.4, -0.2) is 30.5 Å². The van der Waals surface area contributed by atoms with Crippen LogP contribution in [0.1, 0.15) is 24.0 Å². The van der Waals surface area contributed by atoms with Crippen LogP contribution in [0.25, 0.3) is 0 Å². The number of nitrogens with two attached hydrogens (primary N) is 1. The number of aryl methyl sites for hydroxylation is 1. The molecule has 4 heteroatoms. The first-order valence-electron chi connectivity index (χ1n) is 6.41. The third kappa shape index (κ3) is 3.01. The van der Waals surface area contributed by atoms with E-state index in [4.69, 9.17) is 10.5 Å². The van der Waals surface area contributed by atoms with Crippen LogP contribution in [0.2, 0.25) is 0 Å². The molecule has 98 valence electrons. The van der Waals surface area contributed by atoms with Crippen molar-refractivity contribution in [1.29, 1.82) is 0 Å². The maximum atomic E-state index is 11.9. The van der Waals surface area contributed by atoms with Gasteiger partial charge in [-0.3, -0.25) is 4.79 Å². The van der Waals surface area contributed by atoms with E-state index in [0.29, 0.717) is 6.54 Å². The largest absolute Gasteiger partial charge is 0.483 e. The molecule has 1 aliphatic rings. The van der Waals surface area contributed by atoms with Gasteiger partial charge in [0.25, 0.3) is 5.91 Å². The minimum atomic E-state index is 0.0741. The first-order valence-corrected chi connectivity index (χ1v) is 6.41. The normalized spacial score (nSPS) is 14.9. The van der Waals surface area contributed by atoms with E-state index in [1.165, 1.54) is 0 Å². The van der Waals surface area contributed by atoms with E-state index >= 15 is 0 Å². The zero-order valence-corrected chi connectivity index (χ0v) is 10.8. The van der Waals surface area contributed by atoms with Crippen LogP contribution in [0.3, 0.4) is 0 Å². The van der Waals surface area contributed by atoms with Gasteiger partial charge in [-0.05, 0) is 37.0 Å². The fourth-order valence-electron chi connectivity index (χ4n) is 2.12. The molecule has 0 bridgehead atoms. The lowest BCUT2D eigenvalue weighted by atomic mass is 10.1. The predicted molar refractivity (Wildman–Crippen MR) is 70.4 cm³/mol. The Bertz CT molecular complexity index is 426. The number of carbonyl (C=O) groups excluding carboxylic acids is 1. The van der Waals surface area contributed by atoms with Gasteiger partial charge in [-0.2, -0.15) is 0 Å². The van der Waals surface area contributed by atoms with Gasteiger partial charge in [-0.1, -0.05) is 12.1 Å². The zero-order valence-electron chi connectivity index (χ0n) is 10.8. The topological polar surface area (TPSA) is 55.6 Å². The Kier molecular flexibility index (Phi) is 4.20. The summed E-state index contributed by atoms with van der Waals surface area (Å²) in [6.07, 6.45) is 2.21. The number of hydrogen-bond acceptors (Lipinski definition) is 3. The summed E-state index contributed by atoms with van der Waals surface area (Å²) in [5, 5.41) is 0. The first kappa shape index (κ1) is 12.9. The van der Waals surface area contributed by atoms with Crippen LogP contribution in [0.5, 0.6) is 5.75 Å². The number of amides is 1. The van der Waals surface area contributed by atoms with Crippen LogP contribution >= 0.6 is 0 Å². The number of hydrogen-bond donors (Lipinski definition) is 1. The van der Waals surface area contributed by atoms with E-state index < -0.39 is 0 Å². The molecular weight excluding hydrogens is 228 g/mol. The molecule has 18 heavy (non-hydrogen) atoms. The number of ether oxygens (including phenoxy) is 1. The van der Waals surface area contributed by atoms with Gasteiger partial charge in [0.2, 0.25) is 0 Å². The highest BCUT2D eigenvalue weighted by atomic mass is 16.5. The SMILES string of the molecule is Cc1ccc(CN)cc1OCC(=O)N1CCCC1. The molecule has 1 aromatic rings. The number of benzene rings is 1. The summed E-state index contributed by atoms with van der Waals surface area (Å²) < 4.78 is 5.61. The van der Waals surface area contributed by atoms with E-state index in [1.54, 1.807) is 0 Å². The van der Waals surface area contributed by atoms with E-state index in [2.05, 4.69) is 0 Å². The Morgan fingerprint density at radius 1 is 1.39 bits per heavy atom. The molecule has 0 saturated carbocycles. The maximum absolute atomic E-state index is 11.9. The fraction of sp³-hybridized carbons (Fsp3) is 0.500. The van der Waals surface area contributed by atoms with Crippen molar-refractivity contribution in [3.8, 4) is 5.75 Å². The van der Waals surface area contributed by atoms with Crippen molar-refractivity contribution in [1.82, 2.24) is 4.90 Å². The van der Waals surface area contributed by atoms with Gasteiger partial charge in [0.15, 0.2) is 6.61 Å². The summed E-state index contributed by atoms with van der Waals surface area (Å²) in [4.78, 5) is 13.7. The molecule has 1 amide bonds. The minimum Gasteiger partial charge on any atom is -0.483 e. The van der Waals surface area contributed by atoms with Gasteiger partial charge in [-0.25, -0.2) is 0 Å². The third-order valence-electron chi connectivity index (χ3n) is 3.30. The lowest BCUT2D eigenvalue weighted by Gasteiger charge is -2.16. The van der Waals surface area contributed by atoms with Crippen LogP contribution in [0.4, 0.5) is 0 Å². The Balaban J connectivity index is 1.94. The monoisotopic (exact) mass is 248 g/mol. The van der Waals surface area contributed by atoms with Crippen LogP contribution in [-0.2, 0) is 11.3 Å². The van der Waals surface area contributed by atoms with Gasteiger partial charge in [0.1, 0.15) is 5.75 Å². The smallest absolute Gasteiger partial charge is 0.260 e. The number of carbonyl (C=O) groups is 1. The van der Waals surface area contributed by atoms with Gasteiger partial charge in [0.05, 0.1) is 0 Å². The van der Waals surface area contributed by atoms with Crippen LogP contribution < -0.4 is 10.5 Å². The average Bonchev–Trinajstić information content (AvgIpc) is 2.91. The highest BCUT2D eigenvalue weighted by molar-refractivity contribution is 5.78. The molecule has 1 heterocycles. The van der Waals surface area contributed by atoms with Crippen molar-refractivity contribution in [3.63, 3.8) is 0 Å². The summed E-state index contributed by atoms with van der Waals surface area (Å²) in [5.41, 5.74) is 7.64. The first-order chi connectivity index (χ1) is 8.70. The van der Waals surface area contributed by atoms with Gasteiger partial charge < -0.3 is 15.4 Å². The van der Waals surface area contributed by atoms with Crippen molar-refractivity contribution in [2.24, 2.45) is 5.73 Å². The molecule has 0 atom stereocenters. The molecule has 1 aromatic carbocycles. The van der Waals surface area contributed by atoms with Crippen molar-refractivity contribution in [2.45, 2.75) is 26.3 Å². The Hall–Kier alpha value is -1.55. The maximum Gasteiger partial charge on any atom is 0.260 e. The standard InChI is InChI=1S/C14H20N2O2/c1-11-4-5-12(9-15)8-13(11)18-10-14(17)16-6-2-3-7-16/h4-5,8H,2-3,6-7,9-10,15H2,1H3. The van der Waals surface area contributed by atoms with E-state index in [1.807, 2.05) is 30.0 Å². The molecule has 2 rings (SSSR count). The molecule has 1 aliphatic heterocycles. The summed E-state index contributed by atoms with van der Waals surface area (Å²) in [7, 11) is 0. The number of nitrogens with zero attached hydrogens (tertiary/aromatic N) is 1. The van der Waals surface area contributed by atoms with E-state index in [-0.39, 0.29) is 12.5 Å². The second-order valence-electron chi connectivity index (χ2n) is 4.68. The van der Waals surface area contributed by atoms with Gasteiger partial charge >= 0.3 is 0 Å². The number of rotatable bonds is 4. The Labute approximate surface area is 108 Å².